The Morgan fingerprint density at radius 3 is 2.00 bits per heavy atom. The van der Waals surface area contributed by atoms with Crippen LogP contribution in [0.5, 0.6) is 0 Å². The van der Waals surface area contributed by atoms with Gasteiger partial charge in [-0.15, -0.1) is 0 Å². The first kappa shape index (κ1) is 16.5. The summed E-state index contributed by atoms with van der Waals surface area (Å²) < 4.78 is 0. The van der Waals surface area contributed by atoms with E-state index in [2.05, 4.69) is 12.2 Å². The van der Waals surface area contributed by atoms with Crippen molar-refractivity contribution in [2.45, 2.75) is 6.92 Å². The number of likely N-dealkylation sites (N-methyl/N-ethyl adjacent to an activating group) is 1. The van der Waals surface area contributed by atoms with Crippen molar-refractivity contribution in [3.63, 3.8) is 0 Å². The van der Waals surface area contributed by atoms with Crippen molar-refractivity contribution >= 4 is 59.1 Å². The summed E-state index contributed by atoms with van der Waals surface area (Å²) >= 11 is 0. The maximum absolute atomic E-state index is 5.15. The summed E-state index contributed by atoms with van der Waals surface area (Å²) in [6.07, 6.45) is 0. The van der Waals surface area contributed by atoms with E-state index in [1.165, 1.54) is 0 Å². The fourth-order valence-corrected chi connectivity index (χ4v) is 0.279. The Hall–Kier alpha value is 1.92. The van der Waals surface area contributed by atoms with Crippen molar-refractivity contribution in [3.05, 3.63) is 0 Å². The van der Waals surface area contributed by atoms with Gasteiger partial charge in [0.2, 0.25) is 0 Å². The minimum atomic E-state index is 0. The van der Waals surface area contributed by atoms with Gasteiger partial charge in [-0.3, -0.25) is 0 Å². The summed E-state index contributed by atoms with van der Waals surface area (Å²) in [4.78, 5) is 0. The van der Waals surface area contributed by atoms with Gasteiger partial charge in [-0.05, 0) is 6.54 Å². The first-order valence-electron chi connectivity index (χ1n) is 2.32. The van der Waals surface area contributed by atoms with Gasteiger partial charge >= 0.3 is 59.1 Å². The van der Waals surface area contributed by atoms with E-state index in [1.807, 2.05) is 0 Å². The van der Waals surface area contributed by atoms with Crippen molar-refractivity contribution in [2.24, 2.45) is 5.73 Å². The Labute approximate surface area is 95.6 Å². The molecule has 0 saturated carbocycles. The zero-order valence-corrected chi connectivity index (χ0v) is 4.20. The number of nitrogens with two attached hydrogens (primary N) is 1. The number of rotatable bonds is 3. The van der Waals surface area contributed by atoms with Gasteiger partial charge in [0.1, 0.15) is 0 Å². The Morgan fingerprint density at radius 2 is 1.88 bits per heavy atom. The maximum atomic E-state index is 5.15. The molecule has 0 aliphatic rings. The molecule has 0 radical (unpaired) electrons. The second-order valence-corrected chi connectivity index (χ2v) is 1.14. The van der Waals surface area contributed by atoms with Crippen LogP contribution in [0, 0.1) is 0 Å². The number of nitrogens with one attached hydrogen (secondary N) is 1. The SMILES string of the molecule is CCNCCN.[NaH].[NaH]. The van der Waals surface area contributed by atoms with Crippen LogP contribution in [-0.2, 0) is 0 Å². The van der Waals surface area contributed by atoms with Crippen molar-refractivity contribution in [2.75, 3.05) is 19.6 Å². The monoisotopic (exact) mass is 136 g/mol. The Balaban J connectivity index is -0.000000125. The zero-order valence-electron chi connectivity index (χ0n) is 4.20. The summed E-state index contributed by atoms with van der Waals surface area (Å²) in [7, 11) is 0. The molecule has 0 aliphatic carbocycles. The van der Waals surface area contributed by atoms with Gasteiger partial charge in [0.05, 0.1) is 0 Å². The van der Waals surface area contributed by atoms with Gasteiger partial charge in [0.15, 0.2) is 0 Å². The molecule has 3 N–H and O–H groups in total. The quantitative estimate of drug-likeness (QED) is 0.357. The predicted molar refractivity (Wildman–Crippen MR) is 41.9 cm³/mol. The molecule has 8 heavy (non-hydrogen) atoms. The van der Waals surface area contributed by atoms with Crippen LogP contribution in [0.3, 0.4) is 0 Å². The first-order chi connectivity index (χ1) is 2.91. The predicted octanol–water partition coefficient (Wildman–Crippen LogP) is -1.74. The van der Waals surface area contributed by atoms with E-state index in [0.29, 0.717) is 0 Å². The standard InChI is InChI=1S/C4H12N2.2Na.2H/c1-2-6-4-3-5;;;;/h6H,2-5H2,1H3;;;;. The number of hydrogen-bond acceptors (Lipinski definition) is 2. The molecule has 0 aliphatic heterocycles. The van der Waals surface area contributed by atoms with E-state index in [9.17, 15) is 0 Å². The van der Waals surface area contributed by atoms with E-state index in [1.54, 1.807) is 0 Å². The molecule has 0 amide bonds. The Kier molecular flexibility index (Phi) is 32.9. The van der Waals surface area contributed by atoms with Crippen molar-refractivity contribution in [1.82, 2.24) is 5.32 Å². The van der Waals surface area contributed by atoms with Gasteiger partial charge in [-0.25, -0.2) is 0 Å². The van der Waals surface area contributed by atoms with E-state index >= 15 is 0 Å². The summed E-state index contributed by atoms with van der Waals surface area (Å²) in [5.74, 6) is 0. The molecule has 0 aromatic heterocycles. The van der Waals surface area contributed by atoms with Crippen LogP contribution in [0.25, 0.3) is 0 Å². The first-order valence-corrected chi connectivity index (χ1v) is 2.32. The van der Waals surface area contributed by atoms with Crippen LogP contribution in [0.1, 0.15) is 6.92 Å². The molecule has 0 aromatic carbocycles. The molecule has 2 nitrogen and oxygen atoms in total. The molecule has 0 rings (SSSR count). The van der Waals surface area contributed by atoms with Crippen molar-refractivity contribution in [1.29, 1.82) is 0 Å². The fraction of sp³-hybridized carbons (Fsp3) is 1.00. The van der Waals surface area contributed by atoms with Crippen molar-refractivity contribution < 1.29 is 0 Å². The van der Waals surface area contributed by atoms with Crippen LogP contribution in [-0.4, -0.2) is 78.7 Å². The summed E-state index contributed by atoms with van der Waals surface area (Å²) in [6.45, 7) is 4.77. The minimum absolute atomic E-state index is 0. The zero-order chi connectivity index (χ0) is 4.83. The fourth-order valence-electron chi connectivity index (χ4n) is 0.279. The van der Waals surface area contributed by atoms with Crippen LogP contribution < -0.4 is 11.1 Å². The molecule has 0 aromatic rings. The molecule has 0 unspecified atom stereocenters. The molecule has 0 saturated heterocycles. The Bertz CT molecular complexity index is 24.0. The van der Waals surface area contributed by atoms with Gasteiger partial charge in [0, 0.05) is 13.1 Å². The van der Waals surface area contributed by atoms with E-state index in [0.717, 1.165) is 19.6 Å². The van der Waals surface area contributed by atoms with E-state index in [-0.39, 0.29) is 59.1 Å². The molecule has 4 heteroatoms. The molecule has 0 fully saturated rings. The summed E-state index contributed by atoms with van der Waals surface area (Å²) in [5, 5.41) is 3.07. The topological polar surface area (TPSA) is 38.0 Å². The van der Waals surface area contributed by atoms with Crippen LogP contribution in [0.15, 0.2) is 0 Å². The molecule has 0 spiro atoms. The third-order valence-electron chi connectivity index (χ3n) is 0.571. The molecular formula is C4H14N2Na2. The van der Waals surface area contributed by atoms with Gasteiger partial charge in [0.25, 0.3) is 0 Å². The molecule has 0 heterocycles. The van der Waals surface area contributed by atoms with Crippen LogP contribution in [0.4, 0.5) is 0 Å². The summed E-state index contributed by atoms with van der Waals surface area (Å²) in [5.41, 5.74) is 5.15. The average Bonchev–Trinajstić information content (AvgIpc) is 1.61. The van der Waals surface area contributed by atoms with E-state index < -0.39 is 0 Å². The Morgan fingerprint density at radius 1 is 1.38 bits per heavy atom. The van der Waals surface area contributed by atoms with Gasteiger partial charge in [-0.1, -0.05) is 6.92 Å². The molecule has 0 bridgehead atoms. The summed E-state index contributed by atoms with van der Waals surface area (Å²) in [6, 6.07) is 0. The molecule has 0 atom stereocenters. The molecule has 42 valence electrons. The third kappa shape index (κ3) is 15.7. The third-order valence-corrected chi connectivity index (χ3v) is 0.571. The van der Waals surface area contributed by atoms with Crippen LogP contribution in [0.2, 0.25) is 0 Å². The number of hydrogen-bond donors (Lipinski definition) is 2. The average molecular weight is 136 g/mol. The van der Waals surface area contributed by atoms with Gasteiger partial charge in [-0.2, -0.15) is 0 Å². The second kappa shape index (κ2) is 16.0. The van der Waals surface area contributed by atoms with Crippen molar-refractivity contribution in [3.8, 4) is 0 Å². The second-order valence-electron chi connectivity index (χ2n) is 1.14. The van der Waals surface area contributed by atoms with Crippen LogP contribution >= 0.6 is 0 Å². The normalized spacial score (nSPS) is 6.75. The van der Waals surface area contributed by atoms with E-state index in [4.69, 9.17) is 5.73 Å². The van der Waals surface area contributed by atoms with Gasteiger partial charge < -0.3 is 11.1 Å². The molecular weight excluding hydrogens is 122 g/mol.